The van der Waals surface area contributed by atoms with Gasteiger partial charge >= 0.3 is 0 Å². The molecule has 1 N–H and O–H groups in total. The molecule has 0 aromatic heterocycles. The standard InChI is InChI=1S/C14H27N3/c1-17(2)11-10-16-14(12-15)13-8-6-4-3-5-7-9-13/h13-14,16H,3-11H2,1-2H3. The Hall–Kier alpha value is -0.590. The van der Waals surface area contributed by atoms with Gasteiger partial charge in [-0.05, 0) is 32.9 Å². The third-order valence-corrected chi connectivity index (χ3v) is 3.68. The largest absolute Gasteiger partial charge is 0.308 e. The summed E-state index contributed by atoms with van der Waals surface area (Å²) in [5, 5.41) is 12.7. The summed E-state index contributed by atoms with van der Waals surface area (Å²) >= 11 is 0. The highest BCUT2D eigenvalue weighted by Gasteiger charge is 2.21. The summed E-state index contributed by atoms with van der Waals surface area (Å²) in [6.45, 7) is 1.92. The normalized spacial score (nSPS) is 20.6. The van der Waals surface area contributed by atoms with Crippen molar-refractivity contribution in [2.75, 3.05) is 27.2 Å². The molecule has 1 aliphatic carbocycles. The van der Waals surface area contributed by atoms with Gasteiger partial charge in [0.2, 0.25) is 0 Å². The average molecular weight is 237 g/mol. The highest BCUT2D eigenvalue weighted by Crippen LogP contribution is 2.24. The van der Waals surface area contributed by atoms with E-state index in [2.05, 4.69) is 30.4 Å². The summed E-state index contributed by atoms with van der Waals surface area (Å²) in [6, 6.07) is 2.53. The van der Waals surface area contributed by atoms with E-state index in [1.54, 1.807) is 0 Å². The van der Waals surface area contributed by atoms with Crippen LogP contribution in [0.4, 0.5) is 0 Å². The molecule has 1 fully saturated rings. The van der Waals surface area contributed by atoms with Crippen LogP contribution in [0.25, 0.3) is 0 Å². The van der Waals surface area contributed by atoms with Gasteiger partial charge < -0.3 is 10.2 Å². The molecular formula is C14H27N3. The predicted octanol–water partition coefficient (Wildman–Crippen LogP) is 2.39. The summed E-state index contributed by atoms with van der Waals surface area (Å²) in [4.78, 5) is 2.15. The van der Waals surface area contributed by atoms with Gasteiger partial charge in [0.15, 0.2) is 0 Å². The Morgan fingerprint density at radius 1 is 1.18 bits per heavy atom. The van der Waals surface area contributed by atoms with Gasteiger partial charge in [-0.25, -0.2) is 0 Å². The number of nitriles is 1. The van der Waals surface area contributed by atoms with Crippen LogP contribution < -0.4 is 5.32 Å². The number of hydrogen-bond donors (Lipinski definition) is 1. The van der Waals surface area contributed by atoms with E-state index in [0.717, 1.165) is 13.1 Å². The van der Waals surface area contributed by atoms with Crippen molar-refractivity contribution >= 4 is 0 Å². The summed E-state index contributed by atoms with van der Waals surface area (Å²) < 4.78 is 0. The monoisotopic (exact) mass is 237 g/mol. The molecule has 3 nitrogen and oxygen atoms in total. The first-order valence-electron chi connectivity index (χ1n) is 7.01. The van der Waals surface area contributed by atoms with Crippen molar-refractivity contribution in [1.82, 2.24) is 10.2 Å². The lowest BCUT2D eigenvalue weighted by molar-refractivity contribution is 0.310. The Morgan fingerprint density at radius 2 is 1.76 bits per heavy atom. The fourth-order valence-corrected chi connectivity index (χ4v) is 2.58. The van der Waals surface area contributed by atoms with E-state index >= 15 is 0 Å². The van der Waals surface area contributed by atoms with E-state index in [0.29, 0.717) is 5.92 Å². The fraction of sp³-hybridized carbons (Fsp3) is 0.929. The molecule has 17 heavy (non-hydrogen) atoms. The lowest BCUT2D eigenvalue weighted by Crippen LogP contribution is -2.39. The summed E-state index contributed by atoms with van der Waals surface area (Å²) in [5.74, 6) is 0.572. The van der Waals surface area contributed by atoms with Gasteiger partial charge in [0, 0.05) is 13.1 Å². The van der Waals surface area contributed by atoms with Crippen LogP contribution in [-0.2, 0) is 0 Å². The summed E-state index contributed by atoms with van der Waals surface area (Å²) in [7, 11) is 4.14. The van der Waals surface area contributed by atoms with Gasteiger partial charge in [-0.1, -0.05) is 32.1 Å². The maximum absolute atomic E-state index is 9.28. The van der Waals surface area contributed by atoms with Crippen LogP contribution >= 0.6 is 0 Å². The zero-order valence-corrected chi connectivity index (χ0v) is 11.4. The second-order valence-corrected chi connectivity index (χ2v) is 5.47. The van der Waals surface area contributed by atoms with Crippen LogP contribution in [0.15, 0.2) is 0 Å². The molecule has 0 aromatic rings. The van der Waals surface area contributed by atoms with E-state index in [1.807, 2.05) is 0 Å². The maximum atomic E-state index is 9.28. The summed E-state index contributed by atoms with van der Waals surface area (Å²) in [6.07, 6.45) is 9.16. The minimum absolute atomic E-state index is 0.0630. The minimum atomic E-state index is 0.0630. The molecule has 0 heterocycles. The minimum Gasteiger partial charge on any atom is -0.308 e. The lowest BCUT2D eigenvalue weighted by Gasteiger charge is -2.25. The van der Waals surface area contributed by atoms with Gasteiger partial charge in [-0.3, -0.25) is 0 Å². The Balaban J connectivity index is 2.33. The van der Waals surface area contributed by atoms with Crippen molar-refractivity contribution < 1.29 is 0 Å². The van der Waals surface area contributed by atoms with Crippen molar-refractivity contribution in [2.24, 2.45) is 5.92 Å². The van der Waals surface area contributed by atoms with Crippen molar-refractivity contribution in [3.63, 3.8) is 0 Å². The molecule has 1 saturated carbocycles. The molecule has 1 aliphatic rings. The van der Waals surface area contributed by atoms with Crippen molar-refractivity contribution in [3.8, 4) is 6.07 Å². The highest BCUT2D eigenvalue weighted by atomic mass is 15.1. The predicted molar refractivity (Wildman–Crippen MR) is 71.8 cm³/mol. The van der Waals surface area contributed by atoms with Crippen LogP contribution in [0.1, 0.15) is 44.9 Å². The number of nitrogens with zero attached hydrogens (tertiary/aromatic N) is 2. The first-order valence-corrected chi connectivity index (χ1v) is 7.01. The third-order valence-electron chi connectivity index (χ3n) is 3.68. The van der Waals surface area contributed by atoms with Crippen molar-refractivity contribution in [1.29, 1.82) is 5.26 Å². The van der Waals surface area contributed by atoms with Crippen LogP contribution in [-0.4, -0.2) is 38.1 Å². The van der Waals surface area contributed by atoms with E-state index in [9.17, 15) is 5.26 Å². The molecule has 0 aromatic carbocycles. The second kappa shape index (κ2) is 8.49. The first-order chi connectivity index (χ1) is 8.24. The van der Waals surface area contributed by atoms with E-state index < -0.39 is 0 Å². The molecule has 1 atom stereocenters. The molecular weight excluding hydrogens is 210 g/mol. The van der Waals surface area contributed by atoms with Gasteiger partial charge in [0.1, 0.15) is 0 Å². The molecule has 0 radical (unpaired) electrons. The number of likely N-dealkylation sites (N-methyl/N-ethyl adjacent to an activating group) is 1. The molecule has 1 unspecified atom stereocenters. The maximum Gasteiger partial charge on any atom is 0.0981 e. The third kappa shape index (κ3) is 6.05. The van der Waals surface area contributed by atoms with Gasteiger partial charge in [0.05, 0.1) is 12.1 Å². The molecule has 3 heteroatoms. The number of nitrogens with one attached hydrogen (secondary N) is 1. The van der Waals surface area contributed by atoms with Gasteiger partial charge in [-0.2, -0.15) is 5.26 Å². The Labute approximate surface area is 106 Å². The molecule has 0 amide bonds. The second-order valence-electron chi connectivity index (χ2n) is 5.47. The van der Waals surface area contributed by atoms with Crippen molar-refractivity contribution in [2.45, 2.75) is 51.0 Å². The molecule has 0 spiro atoms. The molecule has 0 saturated heterocycles. The quantitative estimate of drug-likeness (QED) is 0.798. The highest BCUT2D eigenvalue weighted by molar-refractivity contribution is 4.95. The topological polar surface area (TPSA) is 39.1 Å². The molecule has 98 valence electrons. The zero-order valence-electron chi connectivity index (χ0n) is 11.4. The number of rotatable bonds is 5. The summed E-state index contributed by atoms with van der Waals surface area (Å²) in [5.41, 5.74) is 0. The molecule has 0 bridgehead atoms. The van der Waals surface area contributed by atoms with Crippen LogP contribution in [0.2, 0.25) is 0 Å². The fourth-order valence-electron chi connectivity index (χ4n) is 2.58. The van der Waals surface area contributed by atoms with E-state index in [4.69, 9.17) is 0 Å². The van der Waals surface area contributed by atoms with Gasteiger partial charge in [-0.15, -0.1) is 0 Å². The SMILES string of the molecule is CN(C)CCNC(C#N)C1CCCCCCC1. The molecule has 1 rings (SSSR count). The molecule has 0 aliphatic heterocycles. The van der Waals surface area contributed by atoms with Crippen LogP contribution in [0.5, 0.6) is 0 Å². The number of hydrogen-bond acceptors (Lipinski definition) is 3. The lowest BCUT2D eigenvalue weighted by atomic mass is 9.86. The van der Waals surface area contributed by atoms with Crippen LogP contribution in [0.3, 0.4) is 0 Å². The zero-order chi connectivity index (χ0) is 12.5. The Bertz CT molecular complexity index is 224. The Morgan fingerprint density at radius 3 is 2.29 bits per heavy atom. The first kappa shape index (κ1) is 14.5. The van der Waals surface area contributed by atoms with Crippen LogP contribution in [0, 0.1) is 17.2 Å². The smallest absolute Gasteiger partial charge is 0.0981 e. The Kier molecular flexibility index (Phi) is 7.23. The van der Waals surface area contributed by atoms with Crippen molar-refractivity contribution in [3.05, 3.63) is 0 Å². The van der Waals surface area contributed by atoms with E-state index in [-0.39, 0.29) is 6.04 Å². The van der Waals surface area contributed by atoms with E-state index in [1.165, 1.54) is 44.9 Å². The van der Waals surface area contributed by atoms with Gasteiger partial charge in [0.25, 0.3) is 0 Å². The average Bonchev–Trinajstić information content (AvgIpc) is 2.25.